The summed E-state index contributed by atoms with van der Waals surface area (Å²) in [6.07, 6.45) is 0.0183. The number of amides is 1. The van der Waals surface area contributed by atoms with Gasteiger partial charge in [-0.1, -0.05) is 30.3 Å². The van der Waals surface area contributed by atoms with Gasteiger partial charge in [0, 0.05) is 12.1 Å². The molecule has 0 aliphatic carbocycles. The summed E-state index contributed by atoms with van der Waals surface area (Å²) < 4.78 is 20.9. The molecule has 7 nitrogen and oxygen atoms in total. The van der Waals surface area contributed by atoms with E-state index in [4.69, 9.17) is 4.74 Å². The average molecular weight is 396 g/mol. The van der Waals surface area contributed by atoms with E-state index in [0.29, 0.717) is 17.3 Å². The summed E-state index contributed by atoms with van der Waals surface area (Å²) in [4.78, 5) is 24.2. The Kier molecular flexibility index (Phi) is 6.33. The van der Waals surface area contributed by atoms with Crippen molar-refractivity contribution in [2.24, 2.45) is 0 Å². The highest BCUT2D eigenvalue weighted by Crippen LogP contribution is 2.17. The van der Waals surface area contributed by atoms with Crippen LogP contribution < -0.4 is 5.32 Å². The summed E-state index contributed by atoms with van der Waals surface area (Å²) in [6.45, 7) is 3.75. The Labute approximate surface area is 167 Å². The average Bonchev–Trinajstić information content (AvgIpc) is 3.04. The second-order valence-corrected chi connectivity index (χ2v) is 6.48. The standard InChI is InChI=1S/C21H21FN4O3/c1-14-24-25-15(2)26(14)19-11-17(10-18(22)12-19)21(28)23-9-8-20(27)29-13-16-6-4-3-5-7-16/h3-7,10-12H,8-9,13H2,1-2H3,(H,23,28). The van der Waals surface area contributed by atoms with E-state index in [1.54, 1.807) is 24.5 Å². The van der Waals surface area contributed by atoms with Gasteiger partial charge in [0.15, 0.2) is 0 Å². The van der Waals surface area contributed by atoms with Crippen molar-refractivity contribution in [3.05, 3.63) is 77.1 Å². The van der Waals surface area contributed by atoms with Gasteiger partial charge in [0.2, 0.25) is 0 Å². The Morgan fingerprint density at radius 1 is 1.07 bits per heavy atom. The van der Waals surface area contributed by atoms with Gasteiger partial charge in [-0.3, -0.25) is 14.2 Å². The molecule has 3 rings (SSSR count). The molecule has 0 aliphatic heterocycles. The van der Waals surface area contributed by atoms with Crippen LogP contribution >= 0.6 is 0 Å². The first-order valence-electron chi connectivity index (χ1n) is 9.11. The number of esters is 1. The maximum Gasteiger partial charge on any atom is 0.307 e. The van der Waals surface area contributed by atoms with Crippen LogP contribution in [0.15, 0.2) is 48.5 Å². The second-order valence-electron chi connectivity index (χ2n) is 6.48. The SMILES string of the molecule is Cc1nnc(C)n1-c1cc(F)cc(C(=O)NCCC(=O)OCc2ccccc2)c1. The number of aromatic nitrogens is 3. The molecule has 0 saturated heterocycles. The lowest BCUT2D eigenvalue weighted by molar-refractivity contribution is -0.144. The van der Waals surface area contributed by atoms with E-state index in [0.717, 1.165) is 11.6 Å². The number of halogens is 1. The molecule has 0 radical (unpaired) electrons. The van der Waals surface area contributed by atoms with E-state index < -0.39 is 17.7 Å². The molecular formula is C21H21FN4O3. The Morgan fingerprint density at radius 2 is 1.76 bits per heavy atom. The summed E-state index contributed by atoms with van der Waals surface area (Å²) in [6, 6.07) is 13.3. The zero-order valence-corrected chi connectivity index (χ0v) is 16.2. The van der Waals surface area contributed by atoms with Crippen LogP contribution in [-0.2, 0) is 16.1 Å². The number of nitrogens with zero attached hydrogens (tertiary/aromatic N) is 3. The number of carbonyl (C=O) groups is 2. The molecule has 0 atom stereocenters. The fourth-order valence-corrected chi connectivity index (χ4v) is 2.87. The lowest BCUT2D eigenvalue weighted by Crippen LogP contribution is -2.26. The van der Waals surface area contributed by atoms with E-state index in [1.165, 1.54) is 6.07 Å². The predicted molar refractivity (Wildman–Crippen MR) is 104 cm³/mol. The Bertz CT molecular complexity index is 999. The van der Waals surface area contributed by atoms with Gasteiger partial charge in [-0.25, -0.2) is 4.39 Å². The van der Waals surface area contributed by atoms with Crippen LogP contribution in [0.4, 0.5) is 4.39 Å². The number of aryl methyl sites for hydroxylation is 2. The maximum absolute atomic E-state index is 14.0. The van der Waals surface area contributed by atoms with Crippen LogP contribution in [-0.4, -0.2) is 33.2 Å². The normalized spacial score (nSPS) is 10.6. The van der Waals surface area contributed by atoms with Crippen LogP contribution in [0.25, 0.3) is 5.69 Å². The van der Waals surface area contributed by atoms with Gasteiger partial charge >= 0.3 is 5.97 Å². The van der Waals surface area contributed by atoms with Crippen molar-refractivity contribution in [1.29, 1.82) is 0 Å². The first-order chi connectivity index (χ1) is 13.9. The number of hydrogen-bond acceptors (Lipinski definition) is 5. The lowest BCUT2D eigenvalue weighted by Gasteiger charge is -2.10. The topological polar surface area (TPSA) is 86.1 Å². The van der Waals surface area contributed by atoms with Crippen molar-refractivity contribution in [1.82, 2.24) is 20.1 Å². The molecule has 0 bridgehead atoms. The number of ether oxygens (including phenoxy) is 1. The third-order valence-electron chi connectivity index (χ3n) is 4.25. The number of carbonyl (C=O) groups excluding carboxylic acids is 2. The molecule has 150 valence electrons. The minimum absolute atomic E-state index is 0.0183. The summed E-state index contributed by atoms with van der Waals surface area (Å²) in [5, 5.41) is 10.5. The fourth-order valence-electron chi connectivity index (χ4n) is 2.87. The summed E-state index contributed by atoms with van der Waals surface area (Å²) in [7, 11) is 0. The molecule has 8 heteroatoms. The zero-order chi connectivity index (χ0) is 20.8. The number of benzene rings is 2. The molecule has 0 unspecified atom stereocenters. The summed E-state index contributed by atoms with van der Waals surface area (Å²) in [5.41, 5.74) is 1.49. The lowest BCUT2D eigenvalue weighted by atomic mass is 10.1. The third-order valence-corrected chi connectivity index (χ3v) is 4.25. The third kappa shape index (κ3) is 5.25. The fraction of sp³-hybridized carbons (Fsp3) is 0.238. The van der Waals surface area contributed by atoms with Gasteiger partial charge in [0.25, 0.3) is 5.91 Å². The highest BCUT2D eigenvalue weighted by Gasteiger charge is 2.14. The molecule has 1 aromatic heterocycles. The molecule has 1 heterocycles. The molecule has 0 saturated carbocycles. The number of hydrogen-bond donors (Lipinski definition) is 1. The van der Waals surface area contributed by atoms with E-state index in [9.17, 15) is 14.0 Å². The van der Waals surface area contributed by atoms with E-state index in [1.807, 2.05) is 30.3 Å². The number of rotatable bonds is 7. The van der Waals surface area contributed by atoms with Crippen molar-refractivity contribution >= 4 is 11.9 Å². The van der Waals surface area contributed by atoms with E-state index in [-0.39, 0.29) is 25.1 Å². The van der Waals surface area contributed by atoms with Crippen molar-refractivity contribution in [2.45, 2.75) is 26.9 Å². The molecule has 0 spiro atoms. The Morgan fingerprint density at radius 3 is 2.45 bits per heavy atom. The summed E-state index contributed by atoms with van der Waals surface area (Å²) in [5.74, 6) is -0.293. The summed E-state index contributed by atoms with van der Waals surface area (Å²) >= 11 is 0. The highest BCUT2D eigenvalue weighted by atomic mass is 19.1. The van der Waals surface area contributed by atoms with Gasteiger partial charge in [0.1, 0.15) is 24.1 Å². The molecule has 1 N–H and O–H groups in total. The minimum atomic E-state index is -0.553. The molecule has 2 aromatic carbocycles. The Hall–Kier alpha value is -3.55. The smallest absolute Gasteiger partial charge is 0.307 e. The molecular weight excluding hydrogens is 375 g/mol. The number of nitrogens with one attached hydrogen (secondary N) is 1. The van der Waals surface area contributed by atoms with Crippen LogP contribution in [0.1, 0.15) is 34.0 Å². The van der Waals surface area contributed by atoms with Gasteiger partial charge < -0.3 is 10.1 Å². The van der Waals surface area contributed by atoms with Crippen molar-refractivity contribution in [3.8, 4) is 5.69 Å². The largest absolute Gasteiger partial charge is 0.461 e. The van der Waals surface area contributed by atoms with Gasteiger partial charge in [0.05, 0.1) is 12.1 Å². The van der Waals surface area contributed by atoms with Crippen LogP contribution in [0.5, 0.6) is 0 Å². The maximum atomic E-state index is 14.0. The van der Waals surface area contributed by atoms with Crippen LogP contribution in [0, 0.1) is 19.7 Å². The Balaban J connectivity index is 1.56. The predicted octanol–water partition coefficient (Wildman–Crippen LogP) is 2.89. The van der Waals surface area contributed by atoms with Gasteiger partial charge in [-0.15, -0.1) is 10.2 Å². The van der Waals surface area contributed by atoms with Crippen molar-refractivity contribution < 1.29 is 18.7 Å². The molecule has 0 fully saturated rings. The highest BCUT2D eigenvalue weighted by molar-refractivity contribution is 5.95. The molecule has 29 heavy (non-hydrogen) atoms. The minimum Gasteiger partial charge on any atom is -0.461 e. The van der Waals surface area contributed by atoms with E-state index >= 15 is 0 Å². The van der Waals surface area contributed by atoms with Crippen molar-refractivity contribution in [2.75, 3.05) is 6.54 Å². The molecule has 3 aromatic rings. The van der Waals surface area contributed by atoms with Crippen molar-refractivity contribution in [3.63, 3.8) is 0 Å². The quantitative estimate of drug-likeness (QED) is 0.621. The molecule has 1 amide bonds. The monoisotopic (exact) mass is 396 g/mol. The first-order valence-corrected chi connectivity index (χ1v) is 9.11. The second kappa shape index (κ2) is 9.09. The van der Waals surface area contributed by atoms with E-state index in [2.05, 4.69) is 15.5 Å². The van der Waals surface area contributed by atoms with Crippen LogP contribution in [0.2, 0.25) is 0 Å². The zero-order valence-electron chi connectivity index (χ0n) is 16.2. The van der Waals surface area contributed by atoms with Crippen LogP contribution in [0.3, 0.4) is 0 Å². The molecule has 0 aliphatic rings. The van der Waals surface area contributed by atoms with Gasteiger partial charge in [-0.2, -0.15) is 0 Å². The van der Waals surface area contributed by atoms with Gasteiger partial charge in [-0.05, 0) is 37.6 Å². The first kappa shape index (κ1) is 20.2.